The lowest BCUT2D eigenvalue weighted by molar-refractivity contribution is 0.0689. The summed E-state index contributed by atoms with van der Waals surface area (Å²) in [5, 5.41) is 12.9. The Morgan fingerprint density at radius 3 is 2.52 bits per heavy atom. The first kappa shape index (κ1) is 15.3. The molecule has 0 atom stereocenters. The van der Waals surface area contributed by atoms with Crippen LogP contribution >= 0.6 is 15.9 Å². The fraction of sp³-hybridized carbons (Fsp3) is 0.231. The van der Waals surface area contributed by atoms with Gasteiger partial charge in [-0.1, -0.05) is 0 Å². The molecule has 1 aromatic heterocycles. The van der Waals surface area contributed by atoms with Gasteiger partial charge in [0.05, 0.1) is 29.9 Å². The number of carboxylic acids is 1. The van der Waals surface area contributed by atoms with Crippen LogP contribution in [-0.4, -0.2) is 35.1 Å². The number of ether oxygens (including phenoxy) is 2. The molecule has 21 heavy (non-hydrogen) atoms. The normalized spacial score (nSPS) is 10.5. The molecule has 1 heterocycles. The topological polar surface area (TPSA) is 73.6 Å². The Morgan fingerprint density at radius 1 is 1.38 bits per heavy atom. The third-order valence-corrected chi connectivity index (χ3v) is 3.69. The highest BCUT2D eigenvalue weighted by molar-refractivity contribution is 9.10. The average Bonchev–Trinajstić information content (AvgIpc) is 2.83. The maximum absolute atomic E-state index is 14.0. The number of halogens is 2. The third-order valence-electron chi connectivity index (χ3n) is 2.92. The number of benzene rings is 1. The Kier molecular flexibility index (Phi) is 4.17. The summed E-state index contributed by atoms with van der Waals surface area (Å²) >= 11 is 3.15. The molecular weight excluding hydrogens is 347 g/mol. The van der Waals surface area contributed by atoms with Crippen LogP contribution in [0.3, 0.4) is 0 Å². The van der Waals surface area contributed by atoms with Crippen molar-refractivity contribution in [1.29, 1.82) is 0 Å². The molecule has 0 unspecified atom stereocenters. The summed E-state index contributed by atoms with van der Waals surface area (Å²) in [4.78, 5) is 11.0. The summed E-state index contributed by atoms with van der Waals surface area (Å²) in [6.07, 6.45) is 0. The van der Waals surface area contributed by atoms with Gasteiger partial charge in [0, 0.05) is 13.1 Å². The van der Waals surface area contributed by atoms with E-state index >= 15 is 0 Å². The SMILES string of the molecule is COc1cc(F)c(Br)c(-c2cc(C(=O)O)nn2C)c1OC. The van der Waals surface area contributed by atoms with Crippen LogP contribution < -0.4 is 9.47 Å². The van der Waals surface area contributed by atoms with Gasteiger partial charge in [-0.2, -0.15) is 5.10 Å². The molecule has 1 aromatic carbocycles. The number of methoxy groups -OCH3 is 2. The number of aromatic carboxylic acids is 1. The van der Waals surface area contributed by atoms with Crippen molar-refractivity contribution < 1.29 is 23.8 Å². The van der Waals surface area contributed by atoms with Crippen molar-refractivity contribution in [3.8, 4) is 22.8 Å². The van der Waals surface area contributed by atoms with Gasteiger partial charge in [-0.05, 0) is 22.0 Å². The number of nitrogens with zero attached hydrogens (tertiary/aromatic N) is 2. The molecule has 2 rings (SSSR count). The van der Waals surface area contributed by atoms with Crippen LogP contribution in [0.4, 0.5) is 4.39 Å². The van der Waals surface area contributed by atoms with Crippen LogP contribution in [0, 0.1) is 5.82 Å². The molecule has 8 heteroatoms. The lowest BCUT2D eigenvalue weighted by Crippen LogP contribution is -2.01. The van der Waals surface area contributed by atoms with Crippen LogP contribution in [0.15, 0.2) is 16.6 Å². The zero-order valence-corrected chi connectivity index (χ0v) is 13.1. The van der Waals surface area contributed by atoms with E-state index in [0.717, 1.165) is 0 Å². The maximum atomic E-state index is 14.0. The molecule has 6 nitrogen and oxygen atoms in total. The van der Waals surface area contributed by atoms with Crippen LogP contribution in [0.2, 0.25) is 0 Å². The molecule has 0 saturated carbocycles. The van der Waals surface area contributed by atoms with Crippen LogP contribution in [0.1, 0.15) is 10.5 Å². The quantitative estimate of drug-likeness (QED) is 0.909. The monoisotopic (exact) mass is 358 g/mol. The molecular formula is C13H12BrFN2O4. The molecule has 0 saturated heterocycles. The first-order chi connectivity index (χ1) is 9.90. The van der Waals surface area contributed by atoms with E-state index in [1.165, 1.54) is 31.0 Å². The fourth-order valence-corrected chi connectivity index (χ4v) is 2.47. The summed E-state index contributed by atoms with van der Waals surface area (Å²) < 4.78 is 25.8. The molecule has 0 aliphatic carbocycles. The van der Waals surface area contributed by atoms with Gasteiger partial charge in [0.15, 0.2) is 17.2 Å². The largest absolute Gasteiger partial charge is 0.493 e. The van der Waals surface area contributed by atoms with Gasteiger partial charge in [0.2, 0.25) is 0 Å². The predicted molar refractivity (Wildman–Crippen MR) is 76.4 cm³/mol. The Hall–Kier alpha value is -2.09. The summed E-state index contributed by atoms with van der Waals surface area (Å²) in [7, 11) is 4.37. The van der Waals surface area contributed by atoms with Crippen molar-refractivity contribution in [2.75, 3.05) is 14.2 Å². The number of aryl methyl sites for hydroxylation is 1. The van der Waals surface area contributed by atoms with Crippen molar-refractivity contribution in [2.24, 2.45) is 7.05 Å². The molecule has 0 fully saturated rings. The minimum absolute atomic E-state index is 0.139. The van der Waals surface area contributed by atoms with E-state index in [1.807, 2.05) is 0 Å². The van der Waals surface area contributed by atoms with Crippen molar-refractivity contribution >= 4 is 21.9 Å². The second-order valence-electron chi connectivity index (χ2n) is 4.13. The van der Waals surface area contributed by atoms with E-state index in [4.69, 9.17) is 14.6 Å². The number of carbonyl (C=O) groups is 1. The second kappa shape index (κ2) is 5.72. The van der Waals surface area contributed by atoms with Gasteiger partial charge in [-0.3, -0.25) is 4.68 Å². The summed E-state index contributed by atoms with van der Waals surface area (Å²) in [5.41, 5.74) is 0.565. The van der Waals surface area contributed by atoms with Gasteiger partial charge in [0.1, 0.15) is 5.82 Å². The van der Waals surface area contributed by atoms with Crippen molar-refractivity contribution in [3.05, 3.63) is 28.1 Å². The number of carboxylic acid groups (broad SMARTS) is 1. The second-order valence-corrected chi connectivity index (χ2v) is 4.92. The standard InChI is InChI=1S/C13H12BrFN2O4/c1-17-8(5-7(16-17)13(18)19)10-11(14)6(15)4-9(20-2)12(10)21-3/h4-5H,1-3H3,(H,18,19). The molecule has 2 aromatic rings. The van der Waals surface area contributed by atoms with E-state index < -0.39 is 11.8 Å². The fourth-order valence-electron chi connectivity index (χ4n) is 1.98. The van der Waals surface area contributed by atoms with E-state index in [9.17, 15) is 9.18 Å². The summed E-state index contributed by atoms with van der Waals surface area (Å²) in [5.74, 6) is -1.24. The minimum atomic E-state index is -1.17. The maximum Gasteiger partial charge on any atom is 0.356 e. The highest BCUT2D eigenvalue weighted by atomic mass is 79.9. The molecule has 0 amide bonds. The highest BCUT2D eigenvalue weighted by Crippen LogP contribution is 2.44. The molecule has 0 spiro atoms. The number of aromatic nitrogens is 2. The Balaban J connectivity index is 2.79. The third kappa shape index (κ3) is 2.58. The van der Waals surface area contributed by atoms with Gasteiger partial charge in [-0.15, -0.1) is 0 Å². The molecule has 1 N–H and O–H groups in total. The summed E-state index contributed by atoms with van der Waals surface area (Å²) in [6.45, 7) is 0. The van der Waals surface area contributed by atoms with Gasteiger partial charge in [0.25, 0.3) is 0 Å². The number of rotatable bonds is 4. The van der Waals surface area contributed by atoms with Crippen LogP contribution in [0.25, 0.3) is 11.3 Å². The van der Waals surface area contributed by atoms with Gasteiger partial charge < -0.3 is 14.6 Å². The summed E-state index contributed by atoms with van der Waals surface area (Å²) in [6, 6.07) is 2.52. The van der Waals surface area contributed by atoms with E-state index in [0.29, 0.717) is 11.3 Å². The zero-order valence-electron chi connectivity index (χ0n) is 11.5. The Labute approximate surface area is 128 Å². The minimum Gasteiger partial charge on any atom is -0.493 e. The molecule has 0 aliphatic rings. The van der Waals surface area contributed by atoms with E-state index in [1.54, 1.807) is 7.05 Å². The van der Waals surface area contributed by atoms with Crippen LogP contribution in [0.5, 0.6) is 11.5 Å². The van der Waals surface area contributed by atoms with Crippen molar-refractivity contribution in [3.63, 3.8) is 0 Å². The Morgan fingerprint density at radius 2 is 2.05 bits per heavy atom. The molecule has 0 aliphatic heterocycles. The highest BCUT2D eigenvalue weighted by Gasteiger charge is 2.23. The van der Waals surface area contributed by atoms with Gasteiger partial charge >= 0.3 is 5.97 Å². The predicted octanol–water partition coefficient (Wildman–Crippen LogP) is 2.70. The number of hydrogen-bond acceptors (Lipinski definition) is 4. The van der Waals surface area contributed by atoms with E-state index in [2.05, 4.69) is 21.0 Å². The van der Waals surface area contributed by atoms with Crippen LogP contribution in [-0.2, 0) is 7.05 Å². The van der Waals surface area contributed by atoms with Crippen molar-refractivity contribution in [2.45, 2.75) is 0 Å². The average molecular weight is 359 g/mol. The first-order valence-electron chi connectivity index (χ1n) is 5.78. The lowest BCUT2D eigenvalue weighted by Gasteiger charge is -2.15. The molecule has 0 bridgehead atoms. The molecule has 0 radical (unpaired) electrons. The van der Waals surface area contributed by atoms with E-state index in [-0.39, 0.29) is 21.7 Å². The smallest absolute Gasteiger partial charge is 0.356 e. The first-order valence-corrected chi connectivity index (χ1v) is 6.57. The molecule has 112 valence electrons. The lowest BCUT2D eigenvalue weighted by atomic mass is 10.1. The Bertz CT molecular complexity index is 715. The number of hydrogen-bond donors (Lipinski definition) is 1. The van der Waals surface area contributed by atoms with Gasteiger partial charge in [-0.25, -0.2) is 9.18 Å². The van der Waals surface area contributed by atoms with Crippen molar-refractivity contribution in [1.82, 2.24) is 9.78 Å². The zero-order chi connectivity index (χ0) is 15.7.